The van der Waals surface area contributed by atoms with Crippen LogP contribution in [0, 0.1) is 5.92 Å². The molecule has 0 aromatic carbocycles. The molecule has 100 valence electrons. The first-order valence-electron chi connectivity index (χ1n) is 6.69. The van der Waals surface area contributed by atoms with Gasteiger partial charge in [0.2, 0.25) is 0 Å². The van der Waals surface area contributed by atoms with E-state index in [1.807, 2.05) is 0 Å². The number of nitrogens with zero attached hydrogens (tertiary/aromatic N) is 1. The number of ether oxygens (including phenoxy) is 2. The number of likely N-dealkylation sites (N-methyl/N-ethyl adjacent to an activating group) is 1. The smallest absolute Gasteiger partial charge is 0.170 e. The van der Waals surface area contributed by atoms with Gasteiger partial charge in [-0.05, 0) is 19.4 Å². The van der Waals surface area contributed by atoms with E-state index in [1.165, 1.54) is 0 Å². The Hall–Kier alpha value is -0.160. The van der Waals surface area contributed by atoms with Crippen LogP contribution in [0.25, 0.3) is 0 Å². The summed E-state index contributed by atoms with van der Waals surface area (Å²) in [4.78, 5) is 2.25. The summed E-state index contributed by atoms with van der Waals surface area (Å²) in [6, 6.07) is 0.157. The molecule has 1 saturated heterocycles. The first kappa shape index (κ1) is 13.3. The van der Waals surface area contributed by atoms with Crippen LogP contribution in [0.3, 0.4) is 0 Å². The Morgan fingerprint density at radius 2 is 2.00 bits per heavy atom. The predicted octanol–water partition coefficient (Wildman–Crippen LogP) is 1.23. The topological polar surface area (TPSA) is 41.9 Å². The summed E-state index contributed by atoms with van der Waals surface area (Å²) < 4.78 is 11.5. The molecule has 2 rings (SSSR count). The van der Waals surface area contributed by atoms with Crippen LogP contribution in [-0.2, 0) is 9.47 Å². The van der Waals surface area contributed by atoms with Crippen LogP contribution in [0.15, 0.2) is 0 Å². The van der Waals surface area contributed by atoms with Crippen molar-refractivity contribution in [2.45, 2.75) is 51.0 Å². The Bertz CT molecular complexity index is 251. The van der Waals surface area contributed by atoms with E-state index < -0.39 is 5.79 Å². The molecular weight excluding hydrogens is 218 g/mol. The zero-order valence-electron chi connectivity index (χ0n) is 11.2. The fourth-order valence-electron chi connectivity index (χ4n) is 3.04. The Balaban J connectivity index is 1.99. The number of hydrogen-bond donors (Lipinski definition) is 1. The second-order valence-corrected chi connectivity index (χ2v) is 5.82. The minimum absolute atomic E-state index is 0.157. The summed E-state index contributed by atoms with van der Waals surface area (Å²) in [6.45, 7) is 6.78. The lowest BCUT2D eigenvalue weighted by atomic mass is 9.86. The first-order valence-corrected chi connectivity index (χ1v) is 6.69. The fraction of sp³-hybridized carbons (Fsp3) is 1.00. The van der Waals surface area contributed by atoms with E-state index in [2.05, 4.69) is 25.8 Å². The molecule has 2 unspecified atom stereocenters. The normalized spacial score (nSPS) is 32.8. The number of rotatable bonds is 3. The molecule has 2 aliphatic rings. The first-order chi connectivity index (χ1) is 8.02. The maximum Gasteiger partial charge on any atom is 0.170 e. The summed E-state index contributed by atoms with van der Waals surface area (Å²) in [7, 11) is 2.09. The molecule has 0 radical (unpaired) electrons. The molecule has 4 heteroatoms. The van der Waals surface area contributed by atoms with Gasteiger partial charge in [0.15, 0.2) is 5.79 Å². The Morgan fingerprint density at radius 3 is 2.59 bits per heavy atom. The van der Waals surface area contributed by atoms with E-state index in [0.29, 0.717) is 19.1 Å². The van der Waals surface area contributed by atoms with E-state index in [0.717, 1.165) is 25.8 Å². The second kappa shape index (κ2) is 5.22. The van der Waals surface area contributed by atoms with Crippen molar-refractivity contribution < 1.29 is 14.6 Å². The van der Waals surface area contributed by atoms with Gasteiger partial charge in [-0.2, -0.15) is 0 Å². The van der Waals surface area contributed by atoms with Crippen molar-refractivity contribution in [3.63, 3.8) is 0 Å². The van der Waals surface area contributed by atoms with E-state index in [9.17, 15) is 5.11 Å². The minimum Gasteiger partial charge on any atom is -0.391 e. The van der Waals surface area contributed by atoms with Crippen molar-refractivity contribution in [1.29, 1.82) is 0 Å². The van der Waals surface area contributed by atoms with E-state index in [4.69, 9.17) is 9.47 Å². The molecule has 0 amide bonds. The molecule has 4 nitrogen and oxygen atoms in total. The number of aliphatic hydroxyl groups excluding tert-OH is 1. The van der Waals surface area contributed by atoms with Crippen molar-refractivity contribution in [3.05, 3.63) is 0 Å². The fourth-order valence-corrected chi connectivity index (χ4v) is 3.04. The van der Waals surface area contributed by atoms with Crippen molar-refractivity contribution in [3.8, 4) is 0 Å². The number of hydrogen-bond acceptors (Lipinski definition) is 4. The maximum atomic E-state index is 10.1. The van der Waals surface area contributed by atoms with Crippen molar-refractivity contribution in [2.75, 3.05) is 26.8 Å². The molecule has 0 aromatic rings. The third kappa shape index (κ3) is 2.99. The molecule has 1 spiro atoms. The van der Waals surface area contributed by atoms with Gasteiger partial charge < -0.3 is 19.5 Å². The van der Waals surface area contributed by atoms with Gasteiger partial charge in [0.05, 0.1) is 19.3 Å². The van der Waals surface area contributed by atoms with Crippen LogP contribution < -0.4 is 0 Å². The highest BCUT2D eigenvalue weighted by atomic mass is 16.7. The number of aliphatic hydroxyl groups is 1. The van der Waals surface area contributed by atoms with E-state index in [1.54, 1.807) is 0 Å². The lowest BCUT2D eigenvalue weighted by Crippen LogP contribution is -2.52. The Labute approximate surface area is 104 Å². The molecule has 1 N–H and O–H groups in total. The summed E-state index contributed by atoms with van der Waals surface area (Å²) in [6.07, 6.45) is 2.13. The van der Waals surface area contributed by atoms with E-state index >= 15 is 0 Å². The largest absolute Gasteiger partial charge is 0.391 e. The SMILES string of the molecule is CC(C)CN(C)C1CC2(CCC1O)OCCO2. The molecule has 17 heavy (non-hydrogen) atoms. The molecule has 2 atom stereocenters. The summed E-state index contributed by atoms with van der Waals surface area (Å²) in [5.41, 5.74) is 0. The van der Waals surface area contributed by atoms with Crippen LogP contribution in [0.1, 0.15) is 33.1 Å². The molecule has 0 bridgehead atoms. The van der Waals surface area contributed by atoms with Gasteiger partial charge in [0.25, 0.3) is 0 Å². The summed E-state index contributed by atoms with van der Waals surface area (Å²) in [5.74, 6) is 0.199. The highest BCUT2D eigenvalue weighted by Crippen LogP contribution is 2.37. The third-order valence-electron chi connectivity index (χ3n) is 3.82. The average molecular weight is 243 g/mol. The Morgan fingerprint density at radius 1 is 1.35 bits per heavy atom. The standard InChI is InChI=1S/C13H25NO3/c1-10(2)9-14(3)11-8-13(5-4-12(11)15)16-6-7-17-13/h10-12,15H,4-9H2,1-3H3. The average Bonchev–Trinajstić information content (AvgIpc) is 2.70. The van der Waals surface area contributed by atoms with Crippen LogP contribution in [0.5, 0.6) is 0 Å². The summed E-state index contributed by atoms with van der Waals surface area (Å²) in [5, 5.41) is 10.1. The van der Waals surface area contributed by atoms with Crippen molar-refractivity contribution in [1.82, 2.24) is 4.90 Å². The summed E-state index contributed by atoms with van der Waals surface area (Å²) >= 11 is 0. The van der Waals surface area contributed by atoms with Crippen LogP contribution in [-0.4, -0.2) is 54.7 Å². The lowest BCUT2D eigenvalue weighted by Gasteiger charge is -2.43. The minimum atomic E-state index is -0.408. The van der Waals surface area contributed by atoms with Gasteiger partial charge in [-0.15, -0.1) is 0 Å². The molecule has 1 aliphatic carbocycles. The van der Waals surface area contributed by atoms with Gasteiger partial charge >= 0.3 is 0 Å². The molecule has 2 fully saturated rings. The van der Waals surface area contributed by atoms with Crippen LogP contribution in [0.4, 0.5) is 0 Å². The third-order valence-corrected chi connectivity index (χ3v) is 3.82. The van der Waals surface area contributed by atoms with Gasteiger partial charge in [0, 0.05) is 25.4 Å². The molecular formula is C13H25NO3. The van der Waals surface area contributed by atoms with Crippen LogP contribution in [0.2, 0.25) is 0 Å². The van der Waals surface area contributed by atoms with Gasteiger partial charge in [-0.25, -0.2) is 0 Å². The van der Waals surface area contributed by atoms with Gasteiger partial charge in [-0.3, -0.25) is 0 Å². The van der Waals surface area contributed by atoms with Crippen molar-refractivity contribution >= 4 is 0 Å². The van der Waals surface area contributed by atoms with E-state index in [-0.39, 0.29) is 12.1 Å². The molecule has 1 saturated carbocycles. The van der Waals surface area contributed by atoms with Crippen LogP contribution >= 0.6 is 0 Å². The monoisotopic (exact) mass is 243 g/mol. The quantitative estimate of drug-likeness (QED) is 0.809. The zero-order chi connectivity index (χ0) is 12.5. The second-order valence-electron chi connectivity index (χ2n) is 5.82. The van der Waals surface area contributed by atoms with Gasteiger partial charge in [0.1, 0.15) is 0 Å². The van der Waals surface area contributed by atoms with Gasteiger partial charge in [-0.1, -0.05) is 13.8 Å². The molecule has 1 aliphatic heterocycles. The maximum absolute atomic E-state index is 10.1. The Kier molecular flexibility index (Phi) is 4.08. The highest BCUT2D eigenvalue weighted by molar-refractivity contribution is 4.92. The highest BCUT2D eigenvalue weighted by Gasteiger charge is 2.45. The predicted molar refractivity (Wildman–Crippen MR) is 65.7 cm³/mol. The molecule has 1 heterocycles. The lowest BCUT2D eigenvalue weighted by molar-refractivity contribution is -0.204. The molecule has 0 aromatic heterocycles. The zero-order valence-corrected chi connectivity index (χ0v) is 11.2. The van der Waals surface area contributed by atoms with Crippen molar-refractivity contribution in [2.24, 2.45) is 5.92 Å².